The molecule has 0 saturated carbocycles. The Balaban J connectivity index is 4.44. The van der Waals surface area contributed by atoms with Gasteiger partial charge in [0.1, 0.15) is 4.33 Å². The highest BCUT2D eigenvalue weighted by Gasteiger charge is 2.47. The summed E-state index contributed by atoms with van der Waals surface area (Å²) < 4.78 is -4.45. The Morgan fingerprint density at radius 2 is 1.17 bits per heavy atom. The first kappa shape index (κ1) is 14.0. The minimum absolute atomic E-state index is 0.155. The molecular weight excluding hydrogens is 308 g/mol. The third-order valence-electron chi connectivity index (χ3n) is 1.06. The summed E-state index contributed by atoms with van der Waals surface area (Å²) in [5.74, 6) is 0. The number of hydrogen-bond donors (Lipinski definition) is 0. The van der Waals surface area contributed by atoms with Gasteiger partial charge >= 0.3 is 0 Å². The molecule has 12 heavy (non-hydrogen) atoms. The van der Waals surface area contributed by atoms with Crippen molar-refractivity contribution in [2.75, 3.05) is 0 Å². The summed E-state index contributed by atoms with van der Waals surface area (Å²) in [6, 6.07) is 0. The van der Waals surface area contributed by atoms with Crippen LogP contribution in [0.15, 0.2) is 0 Å². The quantitative estimate of drug-likeness (QED) is 0.621. The molecule has 0 saturated heterocycles. The van der Waals surface area contributed by atoms with Crippen molar-refractivity contribution >= 4 is 81.2 Å². The second-order valence-electron chi connectivity index (χ2n) is 2.38. The van der Waals surface area contributed by atoms with E-state index in [1.807, 2.05) is 0 Å². The Morgan fingerprint density at radius 1 is 0.833 bits per heavy atom. The van der Waals surface area contributed by atoms with Gasteiger partial charge in [-0.05, 0) is 6.92 Å². The molecule has 0 fully saturated rings. The first-order chi connectivity index (χ1) is 4.96. The highest BCUT2D eigenvalue weighted by Crippen LogP contribution is 2.50. The molecule has 0 amide bonds. The van der Waals surface area contributed by atoms with Crippen molar-refractivity contribution in [1.82, 2.24) is 0 Å². The largest absolute Gasteiger partial charge is 0.193 e. The Labute approximate surface area is 106 Å². The average Bonchev–Trinajstić information content (AvgIpc) is 1.52. The van der Waals surface area contributed by atoms with Crippen molar-refractivity contribution < 1.29 is 0 Å². The number of alkyl halides is 7. The third kappa shape index (κ3) is 5.05. The minimum Gasteiger partial charge on any atom is -0.0986 e. The monoisotopic (exact) mass is 310 g/mol. The van der Waals surface area contributed by atoms with Crippen LogP contribution in [-0.2, 0) is 0 Å². The van der Waals surface area contributed by atoms with Crippen LogP contribution in [0.2, 0.25) is 0 Å². The maximum atomic E-state index is 5.75. The Hall–Kier alpha value is 2.03. The molecule has 0 unspecified atom stereocenters. The van der Waals surface area contributed by atoms with Crippen LogP contribution >= 0.6 is 81.2 Å². The molecule has 0 rings (SSSR count). The van der Waals surface area contributed by atoms with Gasteiger partial charge in [0.05, 0.1) is 0 Å². The summed E-state index contributed by atoms with van der Waals surface area (Å²) in [7, 11) is 0. The zero-order chi connectivity index (χ0) is 10.2. The number of rotatable bonds is 2. The van der Waals surface area contributed by atoms with Crippen LogP contribution in [0.1, 0.15) is 13.3 Å². The van der Waals surface area contributed by atoms with E-state index in [1.165, 1.54) is 6.92 Å². The summed E-state index contributed by atoms with van der Waals surface area (Å²) in [6.07, 6.45) is -0.155. The summed E-state index contributed by atoms with van der Waals surface area (Å²) in [5, 5.41) is 0. The molecule has 7 heteroatoms. The van der Waals surface area contributed by atoms with Crippen LogP contribution in [0.25, 0.3) is 0 Å². The standard InChI is InChI=1S/C5H5Cl7/c1-3(6,7)4(8,9)2-5(10,11)12/h2H2,1H3. The molecule has 74 valence electrons. The molecule has 0 aromatic rings. The van der Waals surface area contributed by atoms with Crippen molar-refractivity contribution in [2.45, 2.75) is 25.8 Å². The highest BCUT2D eigenvalue weighted by molar-refractivity contribution is 6.69. The fourth-order valence-electron chi connectivity index (χ4n) is 0.407. The van der Waals surface area contributed by atoms with E-state index < -0.39 is 12.5 Å². The molecule has 0 radical (unpaired) electrons. The van der Waals surface area contributed by atoms with E-state index in [-0.39, 0.29) is 6.42 Å². The van der Waals surface area contributed by atoms with E-state index >= 15 is 0 Å². The predicted octanol–water partition coefficient (Wildman–Crippen LogP) is 5.11. The predicted molar refractivity (Wildman–Crippen MR) is 59.5 cm³/mol. The van der Waals surface area contributed by atoms with Crippen LogP contribution in [0.5, 0.6) is 0 Å². The van der Waals surface area contributed by atoms with Crippen molar-refractivity contribution in [3.8, 4) is 0 Å². The van der Waals surface area contributed by atoms with Crippen molar-refractivity contribution in [3.63, 3.8) is 0 Å². The Kier molecular flexibility index (Phi) is 4.99. The van der Waals surface area contributed by atoms with E-state index in [1.54, 1.807) is 0 Å². The van der Waals surface area contributed by atoms with Gasteiger partial charge in [0.25, 0.3) is 0 Å². The zero-order valence-electron chi connectivity index (χ0n) is 5.85. The molecule has 0 aromatic heterocycles. The van der Waals surface area contributed by atoms with Gasteiger partial charge in [-0.25, -0.2) is 0 Å². The summed E-state index contributed by atoms with van der Waals surface area (Å²) in [6.45, 7) is 1.42. The molecule has 0 aromatic carbocycles. The van der Waals surface area contributed by atoms with Gasteiger partial charge in [-0.1, -0.05) is 81.2 Å². The van der Waals surface area contributed by atoms with Gasteiger partial charge in [-0.3, -0.25) is 0 Å². The second kappa shape index (κ2) is 4.26. The summed E-state index contributed by atoms with van der Waals surface area (Å²) in [5.41, 5.74) is 0. The lowest BCUT2D eigenvalue weighted by molar-refractivity contribution is 0.648. The molecule has 0 aliphatic carbocycles. The van der Waals surface area contributed by atoms with Crippen LogP contribution in [0.4, 0.5) is 0 Å². The average molecular weight is 313 g/mol. The highest BCUT2D eigenvalue weighted by atomic mass is 35.6. The van der Waals surface area contributed by atoms with Crippen molar-refractivity contribution in [1.29, 1.82) is 0 Å². The second-order valence-corrected chi connectivity index (χ2v) is 8.09. The SMILES string of the molecule is CC(Cl)(Cl)C(Cl)(Cl)CC(Cl)(Cl)Cl. The fourth-order valence-corrected chi connectivity index (χ4v) is 1.95. The van der Waals surface area contributed by atoms with Crippen LogP contribution in [0.3, 0.4) is 0 Å². The van der Waals surface area contributed by atoms with E-state index in [2.05, 4.69) is 0 Å². The van der Waals surface area contributed by atoms with Gasteiger partial charge in [0.15, 0.2) is 8.13 Å². The van der Waals surface area contributed by atoms with Gasteiger partial charge in [0.2, 0.25) is 0 Å². The van der Waals surface area contributed by atoms with Crippen LogP contribution in [-0.4, -0.2) is 12.5 Å². The minimum atomic E-state index is -1.57. The lowest BCUT2D eigenvalue weighted by atomic mass is 10.2. The van der Waals surface area contributed by atoms with E-state index in [0.29, 0.717) is 0 Å². The topological polar surface area (TPSA) is 0 Å². The molecule has 0 atom stereocenters. The maximum absolute atomic E-state index is 5.75. The molecule has 0 N–H and O–H groups in total. The zero-order valence-corrected chi connectivity index (χ0v) is 11.1. The molecular formula is C5H5Cl7. The normalized spacial score (nSPS) is 15.0. The third-order valence-corrected chi connectivity index (χ3v) is 3.52. The Bertz CT molecular complexity index is 150. The fraction of sp³-hybridized carbons (Fsp3) is 1.00. The smallest absolute Gasteiger partial charge is 0.0986 e. The van der Waals surface area contributed by atoms with Gasteiger partial charge in [-0.2, -0.15) is 0 Å². The molecule has 0 nitrogen and oxygen atoms in total. The molecule has 0 heterocycles. The van der Waals surface area contributed by atoms with Gasteiger partial charge in [-0.15, -0.1) is 0 Å². The van der Waals surface area contributed by atoms with Crippen molar-refractivity contribution in [3.05, 3.63) is 0 Å². The summed E-state index contributed by atoms with van der Waals surface area (Å²) >= 11 is 39.2. The first-order valence-corrected chi connectivity index (χ1v) is 5.43. The lowest BCUT2D eigenvalue weighted by Gasteiger charge is -2.31. The van der Waals surface area contributed by atoms with E-state index in [0.717, 1.165) is 0 Å². The Morgan fingerprint density at radius 3 is 1.25 bits per heavy atom. The molecule has 0 bridgehead atoms. The van der Waals surface area contributed by atoms with E-state index in [9.17, 15) is 0 Å². The van der Waals surface area contributed by atoms with Crippen molar-refractivity contribution in [2.24, 2.45) is 0 Å². The molecule has 0 aliphatic heterocycles. The van der Waals surface area contributed by atoms with Gasteiger partial charge in [0, 0.05) is 6.42 Å². The first-order valence-electron chi connectivity index (χ1n) is 2.78. The van der Waals surface area contributed by atoms with Crippen LogP contribution < -0.4 is 0 Å². The van der Waals surface area contributed by atoms with E-state index in [4.69, 9.17) is 81.2 Å². The number of hydrogen-bond acceptors (Lipinski definition) is 0. The molecule has 0 aliphatic rings. The number of halogens is 7. The van der Waals surface area contributed by atoms with Crippen LogP contribution in [0, 0.1) is 0 Å². The summed E-state index contributed by atoms with van der Waals surface area (Å²) in [4.78, 5) is 0. The lowest BCUT2D eigenvalue weighted by Crippen LogP contribution is -2.36. The maximum Gasteiger partial charge on any atom is 0.193 e. The van der Waals surface area contributed by atoms with Gasteiger partial charge < -0.3 is 0 Å². The molecule has 0 spiro atoms.